The van der Waals surface area contributed by atoms with E-state index in [1.807, 2.05) is 30.5 Å². The molecule has 1 aliphatic rings. The average Bonchev–Trinajstić information content (AvgIpc) is 3.16. The number of amides is 1. The predicted octanol–water partition coefficient (Wildman–Crippen LogP) is 4.12. The van der Waals surface area contributed by atoms with E-state index in [4.69, 9.17) is 16.3 Å². The molecule has 164 valence electrons. The molecule has 7 nitrogen and oxygen atoms in total. The first-order valence-electron chi connectivity index (χ1n) is 10.1. The van der Waals surface area contributed by atoms with Crippen LogP contribution in [0, 0.1) is 0 Å². The molecular formula is C22H24ClN3O4S. The summed E-state index contributed by atoms with van der Waals surface area (Å²) in [6.07, 6.45) is 3.35. The second-order valence-corrected chi connectivity index (χ2v) is 9.88. The first kappa shape index (κ1) is 21.7. The number of halogens is 1. The molecule has 31 heavy (non-hydrogen) atoms. The maximum atomic E-state index is 13.0. The van der Waals surface area contributed by atoms with Gasteiger partial charge in [-0.25, -0.2) is 8.42 Å². The summed E-state index contributed by atoms with van der Waals surface area (Å²) >= 11 is 6.29. The van der Waals surface area contributed by atoms with E-state index in [1.165, 1.54) is 4.31 Å². The number of hydrogen-bond donors (Lipinski definition) is 1. The van der Waals surface area contributed by atoms with E-state index in [9.17, 15) is 13.2 Å². The van der Waals surface area contributed by atoms with Gasteiger partial charge in [0, 0.05) is 37.3 Å². The highest BCUT2D eigenvalue weighted by atomic mass is 35.5. The number of ether oxygens (including phenoxy) is 1. The molecule has 1 aromatic heterocycles. The molecule has 1 amide bonds. The number of nitrogens with zero attached hydrogens (tertiary/aromatic N) is 2. The van der Waals surface area contributed by atoms with E-state index in [2.05, 4.69) is 9.88 Å². The Hall–Kier alpha value is -2.55. The van der Waals surface area contributed by atoms with Gasteiger partial charge in [0.05, 0.1) is 34.3 Å². The minimum Gasteiger partial charge on any atom is -0.383 e. The fraction of sp³-hybridized carbons (Fsp3) is 0.318. The Morgan fingerprint density at radius 3 is 2.81 bits per heavy atom. The maximum absolute atomic E-state index is 13.0. The van der Waals surface area contributed by atoms with Crippen LogP contribution in [-0.2, 0) is 21.3 Å². The molecule has 0 radical (unpaired) electrons. The van der Waals surface area contributed by atoms with Gasteiger partial charge in [0.2, 0.25) is 10.0 Å². The van der Waals surface area contributed by atoms with Gasteiger partial charge in [-0.2, -0.15) is 0 Å². The van der Waals surface area contributed by atoms with E-state index < -0.39 is 10.0 Å². The Morgan fingerprint density at radius 1 is 1.19 bits per heavy atom. The summed E-state index contributed by atoms with van der Waals surface area (Å²) in [5, 5.41) is 4.17. The number of aromatic nitrogens is 1. The van der Waals surface area contributed by atoms with Gasteiger partial charge in [-0.05, 0) is 49.2 Å². The van der Waals surface area contributed by atoms with Crippen molar-refractivity contribution in [1.82, 2.24) is 4.57 Å². The van der Waals surface area contributed by atoms with Gasteiger partial charge in [-0.15, -0.1) is 0 Å². The zero-order chi connectivity index (χ0) is 22.0. The number of benzene rings is 2. The number of rotatable bonds is 6. The number of sulfonamides is 1. The third-order valence-electron chi connectivity index (χ3n) is 5.42. The monoisotopic (exact) mass is 461 g/mol. The molecule has 0 saturated carbocycles. The predicted molar refractivity (Wildman–Crippen MR) is 124 cm³/mol. The number of carbonyl (C=O) groups is 1. The van der Waals surface area contributed by atoms with Crippen molar-refractivity contribution in [3.63, 3.8) is 0 Å². The lowest BCUT2D eigenvalue weighted by atomic mass is 10.1. The second-order valence-electron chi connectivity index (χ2n) is 7.46. The topological polar surface area (TPSA) is 80.6 Å². The van der Waals surface area contributed by atoms with Crippen LogP contribution < -0.4 is 9.62 Å². The lowest BCUT2D eigenvalue weighted by molar-refractivity contribution is 0.102. The molecule has 9 heteroatoms. The fourth-order valence-electron chi connectivity index (χ4n) is 3.82. The van der Waals surface area contributed by atoms with E-state index in [0.717, 1.165) is 17.3 Å². The number of anilines is 2. The molecular weight excluding hydrogens is 438 g/mol. The minimum absolute atomic E-state index is 0.0851. The van der Waals surface area contributed by atoms with E-state index >= 15 is 0 Å². The van der Waals surface area contributed by atoms with Gasteiger partial charge >= 0.3 is 0 Å². The van der Waals surface area contributed by atoms with Crippen molar-refractivity contribution < 1.29 is 17.9 Å². The Morgan fingerprint density at radius 2 is 2.03 bits per heavy atom. The highest BCUT2D eigenvalue weighted by Gasteiger charge is 2.28. The van der Waals surface area contributed by atoms with Gasteiger partial charge in [0.15, 0.2) is 0 Å². The highest BCUT2D eigenvalue weighted by Crippen LogP contribution is 2.32. The fourth-order valence-corrected chi connectivity index (χ4v) is 5.73. The average molecular weight is 462 g/mol. The standard InChI is InChI=1S/C22H24ClN3O4S/c1-30-13-12-25-11-9-17-19(5-4-6-20(17)25)24-22(27)16-7-8-18(23)21(15-16)26-10-2-3-14-31(26,28)29/h4-9,11,15H,2-3,10,12-14H2,1H3,(H,24,27). The van der Waals surface area contributed by atoms with Crippen LogP contribution in [0.4, 0.5) is 11.4 Å². The summed E-state index contributed by atoms with van der Waals surface area (Å²) in [6.45, 7) is 1.66. The molecule has 0 aliphatic carbocycles. The minimum atomic E-state index is -3.43. The summed E-state index contributed by atoms with van der Waals surface area (Å²) in [5.74, 6) is -0.244. The van der Waals surface area contributed by atoms with Crippen molar-refractivity contribution in [2.45, 2.75) is 19.4 Å². The van der Waals surface area contributed by atoms with Crippen LogP contribution in [0.25, 0.3) is 10.9 Å². The number of fused-ring (bicyclic) bond motifs is 1. The molecule has 0 bridgehead atoms. The van der Waals surface area contributed by atoms with Gasteiger partial charge in [0.1, 0.15) is 0 Å². The smallest absolute Gasteiger partial charge is 0.255 e. The summed E-state index contributed by atoms with van der Waals surface area (Å²) < 4.78 is 33.5. The Labute approximate surface area is 186 Å². The highest BCUT2D eigenvalue weighted by molar-refractivity contribution is 7.92. The van der Waals surface area contributed by atoms with Crippen LogP contribution in [0.3, 0.4) is 0 Å². The normalized spacial score (nSPS) is 15.9. The van der Waals surface area contributed by atoms with Gasteiger partial charge in [-0.1, -0.05) is 17.7 Å². The first-order valence-corrected chi connectivity index (χ1v) is 12.1. The number of carbonyl (C=O) groups excluding carboxylic acids is 1. The van der Waals surface area contributed by atoms with Crippen LogP contribution >= 0.6 is 11.6 Å². The molecule has 3 aromatic rings. The van der Waals surface area contributed by atoms with Crippen LogP contribution in [-0.4, -0.2) is 44.9 Å². The zero-order valence-corrected chi connectivity index (χ0v) is 18.7. The van der Waals surface area contributed by atoms with E-state index in [1.54, 1.807) is 25.3 Å². The summed E-state index contributed by atoms with van der Waals surface area (Å²) in [7, 11) is -1.77. The molecule has 1 N–H and O–H groups in total. The molecule has 2 aromatic carbocycles. The van der Waals surface area contributed by atoms with Gasteiger partial charge in [0.25, 0.3) is 5.91 Å². The van der Waals surface area contributed by atoms with E-state index in [-0.39, 0.29) is 11.7 Å². The molecule has 1 fully saturated rings. The van der Waals surface area contributed by atoms with Crippen molar-refractivity contribution in [2.24, 2.45) is 0 Å². The number of nitrogens with one attached hydrogen (secondary N) is 1. The van der Waals surface area contributed by atoms with Crippen molar-refractivity contribution >= 4 is 49.8 Å². The first-order chi connectivity index (χ1) is 14.9. The molecule has 1 saturated heterocycles. The molecule has 4 rings (SSSR count). The number of hydrogen-bond acceptors (Lipinski definition) is 4. The van der Waals surface area contributed by atoms with Gasteiger partial charge in [-0.3, -0.25) is 9.10 Å². The maximum Gasteiger partial charge on any atom is 0.255 e. The Balaban J connectivity index is 1.62. The SMILES string of the molecule is COCCn1ccc2c(NC(=O)c3ccc(Cl)c(N4CCCCS4(=O)=O)c3)cccc21. The molecule has 2 heterocycles. The summed E-state index contributed by atoms with van der Waals surface area (Å²) in [5.41, 5.74) is 2.36. The largest absolute Gasteiger partial charge is 0.383 e. The Kier molecular flexibility index (Phi) is 6.22. The number of methoxy groups -OCH3 is 1. The lowest BCUT2D eigenvalue weighted by Gasteiger charge is -2.29. The zero-order valence-electron chi connectivity index (χ0n) is 17.2. The second kappa shape index (κ2) is 8.90. The van der Waals surface area contributed by atoms with Crippen molar-refractivity contribution in [1.29, 1.82) is 0 Å². The molecule has 0 atom stereocenters. The summed E-state index contributed by atoms with van der Waals surface area (Å²) in [6, 6.07) is 12.4. The summed E-state index contributed by atoms with van der Waals surface area (Å²) in [4.78, 5) is 13.0. The molecule has 0 unspecified atom stereocenters. The quantitative estimate of drug-likeness (QED) is 0.598. The third-order valence-corrected chi connectivity index (χ3v) is 7.60. The van der Waals surface area contributed by atoms with Crippen LogP contribution in [0.2, 0.25) is 5.02 Å². The van der Waals surface area contributed by atoms with Crippen molar-refractivity contribution in [3.8, 4) is 0 Å². The van der Waals surface area contributed by atoms with Crippen LogP contribution in [0.5, 0.6) is 0 Å². The Bertz CT molecular complexity index is 1220. The van der Waals surface area contributed by atoms with Crippen LogP contribution in [0.15, 0.2) is 48.7 Å². The van der Waals surface area contributed by atoms with Gasteiger partial charge < -0.3 is 14.6 Å². The van der Waals surface area contributed by atoms with E-state index in [0.29, 0.717) is 48.1 Å². The van der Waals surface area contributed by atoms with Crippen LogP contribution in [0.1, 0.15) is 23.2 Å². The van der Waals surface area contributed by atoms with Crippen molar-refractivity contribution in [3.05, 3.63) is 59.2 Å². The lowest BCUT2D eigenvalue weighted by Crippen LogP contribution is -2.38. The molecule has 0 spiro atoms. The van der Waals surface area contributed by atoms with Crippen molar-refractivity contribution in [2.75, 3.05) is 35.6 Å². The third kappa shape index (κ3) is 4.42. The molecule has 1 aliphatic heterocycles.